The normalized spacial score (nSPS) is 9.81. The molecule has 0 saturated heterocycles. The molecule has 0 aliphatic heterocycles. The van der Waals surface area contributed by atoms with Gasteiger partial charge in [0.05, 0.1) is 19.1 Å². The molecule has 0 aliphatic carbocycles. The Morgan fingerprint density at radius 2 is 2.38 bits per heavy atom. The molecule has 0 aliphatic rings. The molecule has 1 aromatic heterocycles. The second-order valence-electron chi connectivity index (χ2n) is 3.06. The van der Waals surface area contributed by atoms with E-state index in [1.54, 1.807) is 11.5 Å². The lowest BCUT2D eigenvalue weighted by atomic mass is 10.3. The molecule has 0 radical (unpaired) electrons. The largest absolute Gasteiger partial charge is 0.462 e. The molecular formula is C10H12N2O2S2. The van der Waals surface area contributed by atoms with Crippen molar-refractivity contribution in [3.05, 3.63) is 14.5 Å². The summed E-state index contributed by atoms with van der Waals surface area (Å²) in [7, 11) is 0. The number of esters is 1. The van der Waals surface area contributed by atoms with Crippen LogP contribution >= 0.6 is 23.6 Å². The minimum absolute atomic E-state index is 0.341. The highest BCUT2D eigenvalue weighted by Crippen LogP contribution is 2.20. The number of carbonyl (C=O) groups is 1. The summed E-state index contributed by atoms with van der Waals surface area (Å²) < 4.78 is 7.34. The molecule has 0 saturated carbocycles. The third-order valence-corrected chi connectivity index (χ3v) is 3.58. The molecule has 0 spiro atoms. The summed E-state index contributed by atoms with van der Waals surface area (Å²) in [6.45, 7) is 4.45. The van der Waals surface area contributed by atoms with Crippen molar-refractivity contribution < 1.29 is 9.53 Å². The Labute approximate surface area is 103 Å². The number of hydrogen-bond donors (Lipinski definition) is 0. The second-order valence-corrected chi connectivity index (χ2v) is 4.71. The molecule has 6 heteroatoms. The predicted molar refractivity (Wildman–Crippen MR) is 64.1 cm³/mol. The van der Waals surface area contributed by atoms with Crippen LogP contribution in [0.5, 0.6) is 0 Å². The third-order valence-electron chi connectivity index (χ3n) is 2.05. The highest BCUT2D eigenvalue weighted by molar-refractivity contribution is 7.73. The van der Waals surface area contributed by atoms with Gasteiger partial charge in [-0.25, -0.2) is 4.79 Å². The minimum Gasteiger partial charge on any atom is -0.462 e. The Morgan fingerprint density at radius 3 is 2.94 bits per heavy atom. The van der Waals surface area contributed by atoms with E-state index in [2.05, 4.69) is 6.07 Å². The zero-order chi connectivity index (χ0) is 12.1. The fourth-order valence-electron chi connectivity index (χ4n) is 1.28. The summed E-state index contributed by atoms with van der Waals surface area (Å²) in [6, 6.07) is 2.06. The average Bonchev–Trinajstić information content (AvgIpc) is 2.53. The van der Waals surface area contributed by atoms with E-state index in [-0.39, 0.29) is 5.97 Å². The second kappa shape index (κ2) is 5.77. The number of nitriles is 1. The summed E-state index contributed by atoms with van der Waals surface area (Å²) in [5.41, 5.74) is 0.781. The maximum atomic E-state index is 11.6. The summed E-state index contributed by atoms with van der Waals surface area (Å²) in [5, 5.41) is 8.52. The van der Waals surface area contributed by atoms with E-state index in [0.29, 0.717) is 28.4 Å². The molecule has 4 nitrogen and oxygen atoms in total. The summed E-state index contributed by atoms with van der Waals surface area (Å²) in [5.74, 6) is -0.341. The molecule has 16 heavy (non-hydrogen) atoms. The predicted octanol–water partition coefficient (Wildman–Crippen LogP) is 2.68. The zero-order valence-electron chi connectivity index (χ0n) is 9.15. The average molecular weight is 256 g/mol. The molecule has 1 heterocycles. The first-order valence-electron chi connectivity index (χ1n) is 4.86. The first kappa shape index (κ1) is 12.9. The highest BCUT2D eigenvalue weighted by atomic mass is 32.1. The number of carbonyl (C=O) groups excluding carboxylic acids is 1. The van der Waals surface area contributed by atoms with Gasteiger partial charge >= 0.3 is 5.97 Å². The van der Waals surface area contributed by atoms with Crippen molar-refractivity contribution in [1.82, 2.24) is 4.57 Å². The van der Waals surface area contributed by atoms with Crippen LogP contribution in [0.3, 0.4) is 0 Å². The number of thiazole rings is 1. The summed E-state index contributed by atoms with van der Waals surface area (Å²) in [6.07, 6.45) is 0.383. The van der Waals surface area contributed by atoms with Crippen molar-refractivity contribution in [1.29, 1.82) is 5.26 Å². The molecule has 0 atom stereocenters. The van der Waals surface area contributed by atoms with Gasteiger partial charge in [-0.2, -0.15) is 5.26 Å². The fraction of sp³-hybridized carbons (Fsp3) is 0.500. The number of aromatic nitrogens is 1. The molecule has 1 rings (SSSR count). The molecule has 0 unspecified atom stereocenters. The van der Waals surface area contributed by atoms with Crippen molar-refractivity contribution in [3.63, 3.8) is 0 Å². The Morgan fingerprint density at radius 1 is 1.69 bits per heavy atom. The lowest BCUT2D eigenvalue weighted by Crippen LogP contribution is -2.07. The van der Waals surface area contributed by atoms with Crippen molar-refractivity contribution in [2.75, 3.05) is 6.61 Å². The number of ether oxygens (including phenoxy) is 1. The third kappa shape index (κ3) is 2.68. The smallest absolute Gasteiger partial charge is 0.350 e. The van der Waals surface area contributed by atoms with Gasteiger partial charge in [-0.05, 0) is 26.1 Å². The lowest BCUT2D eigenvalue weighted by molar-refractivity contribution is 0.0530. The molecule has 0 aromatic carbocycles. The van der Waals surface area contributed by atoms with E-state index in [4.69, 9.17) is 22.2 Å². The molecule has 0 bridgehead atoms. The Bertz CT molecular complexity index is 482. The van der Waals surface area contributed by atoms with Crippen LogP contribution in [0.4, 0.5) is 0 Å². The zero-order valence-corrected chi connectivity index (χ0v) is 10.8. The van der Waals surface area contributed by atoms with E-state index in [1.807, 2.05) is 6.92 Å². The molecular weight excluding hydrogens is 244 g/mol. The number of nitrogens with zero attached hydrogens (tertiary/aromatic N) is 2. The summed E-state index contributed by atoms with van der Waals surface area (Å²) in [4.78, 5) is 12.1. The van der Waals surface area contributed by atoms with Crippen LogP contribution < -0.4 is 0 Å². The molecule has 1 aromatic rings. The van der Waals surface area contributed by atoms with Gasteiger partial charge in [-0.15, -0.1) is 0 Å². The van der Waals surface area contributed by atoms with E-state index in [9.17, 15) is 4.79 Å². The van der Waals surface area contributed by atoms with E-state index in [0.717, 1.165) is 5.69 Å². The lowest BCUT2D eigenvalue weighted by Gasteiger charge is -2.03. The van der Waals surface area contributed by atoms with Gasteiger partial charge in [0.15, 0.2) is 3.95 Å². The quantitative estimate of drug-likeness (QED) is 0.614. The van der Waals surface area contributed by atoms with Crippen molar-refractivity contribution in [2.45, 2.75) is 26.8 Å². The van der Waals surface area contributed by atoms with Gasteiger partial charge in [0, 0.05) is 12.2 Å². The fourth-order valence-corrected chi connectivity index (χ4v) is 2.67. The van der Waals surface area contributed by atoms with Gasteiger partial charge in [-0.1, -0.05) is 11.3 Å². The number of hydrogen-bond acceptors (Lipinski definition) is 5. The van der Waals surface area contributed by atoms with Crippen molar-refractivity contribution in [2.24, 2.45) is 0 Å². The molecule has 0 N–H and O–H groups in total. The Hall–Kier alpha value is -1.19. The monoisotopic (exact) mass is 256 g/mol. The van der Waals surface area contributed by atoms with Crippen molar-refractivity contribution in [3.8, 4) is 6.07 Å². The summed E-state index contributed by atoms with van der Waals surface area (Å²) >= 11 is 6.37. The van der Waals surface area contributed by atoms with Gasteiger partial charge in [-0.3, -0.25) is 0 Å². The van der Waals surface area contributed by atoms with Gasteiger partial charge in [0.25, 0.3) is 0 Å². The number of rotatable bonds is 4. The van der Waals surface area contributed by atoms with Crippen LogP contribution in [0.25, 0.3) is 0 Å². The maximum absolute atomic E-state index is 11.6. The molecule has 0 amide bonds. The van der Waals surface area contributed by atoms with Crippen molar-refractivity contribution >= 4 is 29.5 Å². The highest BCUT2D eigenvalue weighted by Gasteiger charge is 2.16. The molecule has 0 fully saturated rings. The van der Waals surface area contributed by atoms with Crippen LogP contribution in [0.15, 0.2) is 0 Å². The van der Waals surface area contributed by atoms with Gasteiger partial charge in [0.1, 0.15) is 4.88 Å². The SMILES string of the molecule is CCOC(=O)c1sc(=S)n(CCC#N)c1C. The Kier molecular flexibility index (Phi) is 4.65. The van der Waals surface area contributed by atoms with E-state index < -0.39 is 0 Å². The van der Waals surface area contributed by atoms with Crippen LogP contribution in [0.1, 0.15) is 28.7 Å². The first-order chi connectivity index (χ1) is 7.61. The topological polar surface area (TPSA) is 55.0 Å². The van der Waals surface area contributed by atoms with E-state index in [1.165, 1.54) is 11.3 Å². The standard InChI is InChI=1S/C10H12N2O2S2/c1-3-14-9(13)8-7(2)12(6-4-5-11)10(15)16-8/h3-4,6H2,1-2H3. The molecule has 86 valence electrons. The van der Waals surface area contributed by atoms with E-state index >= 15 is 0 Å². The van der Waals surface area contributed by atoms with Crippen LogP contribution in [-0.2, 0) is 11.3 Å². The van der Waals surface area contributed by atoms with Gasteiger partial charge < -0.3 is 9.30 Å². The minimum atomic E-state index is -0.341. The van der Waals surface area contributed by atoms with Crippen LogP contribution in [0, 0.1) is 22.2 Å². The van der Waals surface area contributed by atoms with Gasteiger partial charge in [0.2, 0.25) is 0 Å². The first-order valence-corrected chi connectivity index (χ1v) is 6.08. The van der Waals surface area contributed by atoms with Crippen LogP contribution in [-0.4, -0.2) is 17.1 Å². The maximum Gasteiger partial charge on any atom is 0.350 e. The Balaban J connectivity index is 3.02. The van der Waals surface area contributed by atoms with Crippen LogP contribution in [0.2, 0.25) is 0 Å².